The summed E-state index contributed by atoms with van der Waals surface area (Å²) >= 11 is 0. The average Bonchev–Trinajstić information content (AvgIpc) is 3.36. The predicted molar refractivity (Wildman–Crippen MR) is 307 cm³/mol. The summed E-state index contributed by atoms with van der Waals surface area (Å²) in [6, 6.07) is 0. The molecule has 0 aliphatic heterocycles. The van der Waals surface area contributed by atoms with E-state index in [9.17, 15) is 14.7 Å². The summed E-state index contributed by atoms with van der Waals surface area (Å²) in [5.74, 6) is -0.576. The first-order chi connectivity index (χ1) is 34.6. The number of rotatable bonds is 58. The van der Waals surface area contributed by atoms with E-state index in [4.69, 9.17) is 9.47 Å². The molecule has 0 saturated carbocycles. The van der Waals surface area contributed by atoms with E-state index in [1.165, 1.54) is 257 Å². The summed E-state index contributed by atoms with van der Waals surface area (Å²) in [5.41, 5.74) is 0. The van der Waals surface area contributed by atoms with Crippen molar-refractivity contribution in [2.24, 2.45) is 0 Å². The number of hydrogen-bond acceptors (Lipinski definition) is 5. The van der Waals surface area contributed by atoms with Gasteiger partial charge in [-0.1, -0.05) is 294 Å². The van der Waals surface area contributed by atoms with Crippen LogP contribution in [0.3, 0.4) is 0 Å². The molecule has 0 bridgehead atoms. The molecular formula is C65H120O5. The summed E-state index contributed by atoms with van der Waals surface area (Å²) in [5, 5.41) is 9.67. The van der Waals surface area contributed by atoms with Crippen molar-refractivity contribution in [2.75, 3.05) is 13.2 Å². The number of hydrogen-bond donors (Lipinski definition) is 1. The minimum atomic E-state index is -0.772. The Labute approximate surface area is 437 Å². The summed E-state index contributed by atoms with van der Waals surface area (Å²) in [6.45, 7) is 4.16. The molecule has 410 valence electrons. The van der Waals surface area contributed by atoms with Crippen LogP contribution >= 0.6 is 0 Å². The van der Waals surface area contributed by atoms with Gasteiger partial charge in [0.25, 0.3) is 0 Å². The lowest BCUT2D eigenvalue weighted by molar-refractivity contribution is -0.161. The number of unbranched alkanes of at least 4 members (excludes halogenated alkanes) is 42. The first-order valence-corrected chi connectivity index (χ1v) is 31.2. The molecule has 70 heavy (non-hydrogen) atoms. The SMILES string of the molecule is CCCCCCC/C=C\C/C=C\CCCCCCCCCCCCCCCCCCCCCCCC(=O)OC(CO)COC(=O)CCCCCCCCCCCCC/C=C\C/C=C\CCCCCCC. The lowest BCUT2D eigenvalue weighted by atomic mass is 10.0. The zero-order chi connectivity index (χ0) is 50.6. The number of aliphatic hydroxyl groups excluding tert-OH is 1. The van der Waals surface area contributed by atoms with Crippen molar-refractivity contribution >= 4 is 11.9 Å². The molecule has 0 aromatic heterocycles. The zero-order valence-corrected chi connectivity index (χ0v) is 47.0. The molecule has 0 saturated heterocycles. The van der Waals surface area contributed by atoms with Crippen LogP contribution < -0.4 is 0 Å². The van der Waals surface area contributed by atoms with Gasteiger partial charge >= 0.3 is 11.9 Å². The normalized spacial score (nSPS) is 12.4. The lowest BCUT2D eigenvalue weighted by Crippen LogP contribution is -2.28. The highest BCUT2D eigenvalue weighted by Gasteiger charge is 2.16. The second-order valence-corrected chi connectivity index (χ2v) is 21.1. The molecule has 0 heterocycles. The van der Waals surface area contributed by atoms with Crippen LogP contribution in [-0.4, -0.2) is 36.4 Å². The van der Waals surface area contributed by atoms with Crippen LogP contribution in [0.2, 0.25) is 0 Å². The molecule has 0 radical (unpaired) electrons. The second kappa shape index (κ2) is 61.2. The van der Waals surface area contributed by atoms with Crippen LogP contribution in [0.5, 0.6) is 0 Å². The highest BCUT2D eigenvalue weighted by Crippen LogP contribution is 2.17. The fourth-order valence-electron chi connectivity index (χ4n) is 9.38. The number of ether oxygens (including phenoxy) is 2. The Bertz CT molecular complexity index is 1150. The first-order valence-electron chi connectivity index (χ1n) is 31.2. The lowest BCUT2D eigenvalue weighted by Gasteiger charge is -2.15. The van der Waals surface area contributed by atoms with Gasteiger partial charge in [-0.15, -0.1) is 0 Å². The van der Waals surface area contributed by atoms with Crippen LogP contribution in [0, 0.1) is 0 Å². The number of aliphatic hydroxyl groups is 1. The van der Waals surface area contributed by atoms with E-state index >= 15 is 0 Å². The van der Waals surface area contributed by atoms with Gasteiger partial charge in [0.15, 0.2) is 6.10 Å². The third-order valence-corrected chi connectivity index (χ3v) is 14.1. The Hall–Kier alpha value is -2.14. The number of carbonyl (C=O) groups excluding carboxylic acids is 2. The van der Waals surface area contributed by atoms with Gasteiger partial charge in [-0.3, -0.25) is 9.59 Å². The van der Waals surface area contributed by atoms with Crippen LogP contribution in [0.15, 0.2) is 48.6 Å². The highest BCUT2D eigenvalue weighted by atomic mass is 16.6. The predicted octanol–water partition coefficient (Wildman–Crippen LogP) is 21.2. The molecule has 0 aromatic rings. The summed E-state index contributed by atoms with van der Waals surface area (Å²) in [7, 11) is 0. The fraction of sp³-hybridized carbons (Fsp3) is 0.846. The highest BCUT2D eigenvalue weighted by molar-refractivity contribution is 5.70. The molecule has 0 spiro atoms. The molecule has 0 rings (SSSR count). The van der Waals surface area contributed by atoms with Gasteiger partial charge in [-0.2, -0.15) is 0 Å². The number of esters is 2. The molecule has 1 unspecified atom stereocenters. The smallest absolute Gasteiger partial charge is 0.306 e. The van der Waals surface area contributed by atoms with E-state index in [1.54, 1.807) is 0 Å². The third-order valence-electron chi connectivity index (χ3n) is 14.1. The van der Waals surface area contributed by atoms with Gasteiger partial charge in [-0.25, -0.2) is 0 Å². The maximum atomic E-state index is 12.3. The Morgan fingerprint density at radius 2 is 0.571 bits per heavy atom. The van der Waals surface area contributed by atoms with Gasteiger partial charge in [0.05, 0.1) is 6.61 Å². The molecule has 0 fully saturated rings. The van der Waals surface area contributed by atoms with Crippen LogP contribution in [0.1, 0.15) is 335 Å². The van der Waals surface area contributed by atoms with Gasteiger partial charge < -0.3 is 14.6 Å². The Kier molecular flexibility index (Phi) is 59.3. The van der Waals surface area contributed by atoms with Crippen LogP contribution in [-0.2, 0) is 19.1 Å². The fourth-order valence-corrected chi connectivity index (χ4v) is 9.38. The van der Waals surface area contributed by atoms with Crippen molar-refractivity contribution in [1.29, 1.82) is 0 Å². The van der Waals surface area contributed by atoms with Crippen molar-refractivity contribution in [3.63, 3.8) is 0 Å². The van der Waals surface area contributed by atoms with Crippen LogP contribution in [0.4, 0.5) is 0 Å². The summed E-state index contributed by atoms with van der Waals surface area (Å²) < 4.78 is 10.7. The third kappa shape index (κ3) is 58.4. The average molecular weight is 982 g/mol. The minimum Gasteiger partial charge on any atom is -0.462 e. The molecule has 1 N–H and O–H groups in total. The topological polar surface area (TPSA) is 72.8 Å². The summed E-state index contributed by atoms with van der Waals surface area (Å²) in [4.78, 5) is 24.6. The van der Waals surface area contributed by atoms with Crippen molar-refractivity contribution in [3.05, 3.63) is 48.6 Å². The molecule has 0 aromatic carbocycles. The molecule has 0 aliphatic carbocycles. The van der Waals surface area contributed by atoms with E-state index < -0.39 is 6.10 Å². The molecule has 1 atom stereocenters. The Morgan fingerprint density at radius 3 is 0.843 bits per heavy atom. The maximum Gasteiger partial charge on any atom is 0.306 e. The first kappa shape index (κ1) is 67.9. The van der Waals surface area contributed by atoms with Crippen molar-refractivity contribution in [2.45, 2.75) is 341 Å². The van der Waals surface area contributed by atoms with Crippen LogP contribution in [0.25, 0.3) is 0 Å². The standard InChI is InChI=1S/C65H120O5/c1-3-5-7-9-11-13-15-17-19-21-23-25-27-28-29-30-31-32-33-34-35-36-38-40-42-44-46-48-50-52-54-56-58-60-65(68)70-63(61-66)62-69-64(67)59-57-55-53-51-49-47-45-43-41-39-37-26-24-22-20-18-16-14-12-10-8-6-4-2/h15-18,21-24,63,66H,3-14,19-20,25-62H2,1-2H3/b17-15-,18-16-,23-21-,24-22-. The van der Waals surface area contributed by atoms with E-state index in [0.717, 1.165) is 51.4 Å². The minimum absolute atomic E-state index is 0.0634. The number of carbonyl (C=O) groups is 2. The van der Waals surface area contributed by atoms with Crippen molar-refractivity contribution < 1.29 is 24.2 Å². The number of allylic oxidation sites excluding steroid dienone is 8. The molecular weight excluding hydrogens is 861 g/mol. The van der Waals surface area contributed by atoms with E-state index in [0.29, 0.717) is 12.8 Å². The van der Waals surface area contributed by atoms with E-state index in [-0.39, 0.29) is 25.2 Å². The molecule has 5 heteroatoms. The van der Waals surface area contributed by atoms with E-state index in [1.807, 2.05) is 0 Å². The molecule has 0 aliphatic rings. The second-order valence-electron chi connectivity index (χ2n) is 21.1. The zero-order valence-electron chi connectivity index (χ0n) is 47.0. The Morgan fingerprint density at radius 1 is 0.329 bits per heavy atom. The van der Waals surface area contributed by atoms with Crippen molar-refractivity contribution in [3.8, 4) is 0 Å². The Balaban J connectivity index is 3.42. The summed E-state index contributed by atoms with van der Waals surface area (Å²) in [6.07, 6.45) is 81.1. The van der Waals surface area contributed by atoms with Gasteiger partial charge in [0.1, 0.15) is 6.61 Å². The molecule has 5 nitrogen and oxygen atoms in total. The van der Waals surface area contributed by atoms with Gasteiger partial charge in [0, 0.05) is 12.8 Å². The van der Waals surface area contributed by atoms with Gasteiger partial charge in [0.2, 0.25) is 0 Å². The van der Waals surface area contributed by atoms with Gasteiger partial charge in [-0.05, 0) is 77.0 Å². The molecule has 0 amide bonds. The quantitative estimate of drug-likeness (QED) is 0.0373. The largest absolute Gasteiger partial charge is 0.462 e. The monoisotopic (exact) mass is 981 g/mol. The van der Waals surface area contributed by atoms with Crippen molar-refractivity contribution in [1.82, 2.24) is 0 Å². The maximum absolute atomic E-state index is 12.3. The van der Waals surface area contributed by atoms with E-state index in [2.05, 4.69) is 62.5 Å².